The highest BCUT2D eigenvalue weighted by atomic mass is 15.0. The summed E-state index contributed by atoms with van der Waals surface area (Å²) >= 11 is 0. The van der Waals surface area contributed by atoms with Gasteiger partial charge < -0.3 is 10.3 Å². The van der Waals surface area contributed by atoms with Crippen LogP contribution >= 0.6 is 0 Å². The molecule has 3 nitrogen and oxygen atoms in total. The Morgan fingerprint density at radius 1 is 1.31 bits per heavy atom. The summed E-state index contributed by atoms with van der Waals surface area (Å²) in [5.74, 6) is 1.07. The molecule has 16 heavy (non-hydrogen) atoms. The molecule has 1 heterocycles. The van der Waals surface area contributed by atoms with Gasteiger partial charge in [-0.05, 0) is 19.3 Å². The number of H-pyrrole nitrogens is 1. The van der Waals surface area contributed by atoms with Crippen LogP contribution in [0.25, 0.3) is 0 Å². The molecule has 1 aromatic rings. The average molecular weight is 223 g/mol. The molecule has 2 N–H and O–H groups in total. The SMILES string of the molecule is CCCCC(CC)NC(CC)c1ncc[nH]1. The molecule has 0 spiro atoms. The molecule has 0 aromatic carbocycles. The highest BCUT2D eigenvalue weighted by molar-refractivity contribution is 4.95. The lowest BCUT2D eigenvalue weighted by Crippen LogP contribution is -2.32. The zero-order valence-electron chi connectivity index (χ0n) is 10.8. The Morgan fingerprint density at radius 2 is 2.12 bits per heavy atom. The van der Waals surface area contributed by atoms with Crippen LogP contribution in [0.2, 0.25) is 0 Å². The van der Waals surface area contributed by atoms with Crippen LogP contribution in [0.5, 0.6) is 0 Å². The topological polar surface area (TPSA) is 40.7 Å². The Hall–Kier alpha value is -0.830. The van der Waals surface area contributed by atoms with Crippen LogP contribution in [0.3, 0.4) is 0 Å². The smallest absolute Gasteiger partial charge is 0.123 e. The summed E-state index contributed by atoms with van der Waals surface area (Å²) in [4.78, 5) is 7.54. The molecule has 0 bridgehead atoms. The predicted octanol–water partition coefficient (Wildman–Crippen LogP) is 3.42. The van der Waals surface area contributed by atoms with E-state index in [0.717, 1.165) is 12.2 Å². The molecular weight excluding hydrogens is 198 g/mol. The maximum absolute atomic E-state index is 4.34. The van der Waals surface area contributed by atoms with Crippen molar-refractivity contribution in [1.82, 2.24) is 15.3 Å². The van der Waals surface area contributed by atoms with Crippen LogP contribution < -0.4 is 5.32 Å². The van der Waals surface area contributed by atoms with E-state index < -0.39 is 0 Å². The van der Waals surface area contributed by atoms with E-state index in [2.05, 4.69) is 36.1 Å². The minimum atomic E-state index is 0.372. The van der Waals surface area contributed by atoms with Gasteiger partial charge in [-0.25, -0.2) is 4.98 Å². The molecule has 0 saturated heterocycles. The fourth-order valence-corrected chi connectivity index (χ4v) is 2.00. The molecule has 1 rings (SSSR count). The minimum absolute atomic E-state index is 0.372. The largest absolute Gasteiger partial charge is 0.347 e. The summed E-state index contributed by atoms with van der Waals surface area (Å²) in [6.07, 6.45) is 9.84. The van der Waals surface area contributed by atoms with Gasteiger partial charge in [0.1, 0.15) is 5.82 Å². The molecule has 0 aliphatic heterocycles. The van der Waals surface area contributed by atoms with Crippen molar-refractivity contribution < 1.29 is 0 Å². The highest BCUT2D eigenvalue weighted by Gasteiger charge is 2.15. The standard InChI is InChI=1S/C13H25N3/c1-4-7-8-11(5-2)16-12(6-3)13-14-9-10-15-13/h9-12,16H,4-8H2,1-3H3,(H,14,15). The lowest BCUT2D eigenvalue weighted by atomic mass is 10.1. The maximum Gasteiger partial charge on any atom is 0.123 e. The van der Waals surface area contributed by atoms with Crippen LogP contribution in [-0.4, -0.2) is 16.0 Å². The van der Waals surface area contributed by atoms with Gasteiger partial charge >= 0.3 is 0 Å². The molecule has 0 amide bonds. The number of imidazole rings is 1. The number of hydrogen-bond donors (Lipinski definition) is 2. The van der Waals surface area contributed by atoms with E-state index in [9.17, 15) is 0 Å². The van der Waals surface area contributed by atoms with E-state index in [1.807, 2.05) is 12.4 Å². The molecule has 0 fully saturated rings. The molecule has 1 aromatic heterocycles. The van der Waals surface area contributed by atoms with E-state index in [0.29, 0.717) is 12.1 Å². The van der Waals surface area contributed by atoms with Crippen molar-refractivity contribution in [3.63, 3.8) is 0 Å². The number of unbranched alkanes of at least 4 members (excludes halogenated alkanes) is 1. The Balaban J connectivity index is 2.47. The second-order valence-corrected chi connectivity index (χ2v) is 4.35. The first kappa shape index (κ1) is 13.2. The first-order valence-electron chi connectivity index (χ1n) is 6.57. The summed E-state index contributed by atoms with van der Waals surface area (Å²) < 4.78 is 0. The predicted molar refractivity (Wildman–Crippen MR) is 68.4 cm³/mol. The third-order valence-electron chi connectivity index (χ3n) is 3.09. The van der Waals surface area contributed by atoms with Crippen molar-refractivity contribution in [3.8, 4) is 0 Å². The van der Waals surface area contributed by atoms with Crippen LogP contribution in [0, 0.1) is 0 Å². The van der Waals surface area contributed by atoms with Crippen LogP contribution in [0.4, 0.5) is 0 Å². The van der Waals surface area contributed by atoms with Gasteiger partial charge in [0.2, 0.25) is 0 Å². The Labute approximate surface area is 99.1 Å². The van der Waals surface area contributed by atoms with Crippen molar-refractivity contribution in [2.45, 2.75) is 65.0 Å². The first-order valence-corrected chi connectivity index (χ1v) is 6.57. The molecule has 0 saturated carbocycles. The summed E-state index contributed by atoms with van der Waals surface area (Å²) in [6.45, 7) is 6.70. The fraction of sp³-hybridized carbons (Fsp3) is 0.769. The van der Waals surface area contributed by atoms with E-state index in [1.165, 1.54) is 25.7 Å². The van der Waals surface area contributed by atoms with E-state index in [4.69, 9.17) is 0 Å². The molecule has 2 atom stereocenters. The number of nitrogens with zero attached hydrogens (tertiary/aromatic N) is 1. The molecular formula is C13H25N3. The second-order valence-electron chi connectivity index (χ2n) is 4.35. The van der Waals surface area contributed by atoms with E-state index >= 15 is 0 Å². The van der Waals surface area contributed by atoms with Gasteiger partial charge in [-0.3, -0.25) is 0 Å². The Morgan fingerprint density at radius 3 is 2.62 bits per heavy atom. The number of rotatable bonds is 8. The number of hydrogen-bond acceptors (Lipinski definition) is 2. The van der Waals surface area contributed by atoms with Gasteiger partial charge in [0, 0.05) is 18.4 Å². The van der Waals surface area contributed by atoms with Gasteiger partial charge in [0.05, 0.1) is 6.04 Å². The van der Waals surface area contributed by atoms with Crippen molar-refractivity contribution in [1.29, 1.82) is 0 Å². The molecule has 0 aliphatic carbocycles. The van der Waals surface area contributed by atoms with Crippen LogP contribution in [0.15, 0.2) is 12.4 Å². The molecule has 3 heteroatoms. The quantitative estimate of drug-likeness (QED) is 0.709. The second kappa shape index (κ2) is 7.44. The zero-order valence-corrected chi connectivity index (χ0v) is 10.8. The van der Waals surface area contributed by atoms with Gasteiger partial charge in [-0.15, -0.1) is 0 Å². The van der Waals surface area contributed by atoms with Crippen LogP contribution in [0.1, 0.15) is 64.7 Å². The van der Waals surface area contributed by atoms with E-state index in [1.54, 1.807) is 0 Å². The average Bonchev–Trinajstić information content (AvgIpc) is 2.83. The van der Waals surface area contributed by atoms with Crippen LogP contribution in [-0.2, 0) is 0 Å². The third kappa shape index (κ3) is 3.97. The fourth-order valence-electron chi connectivity index (χ4n) is 2.00. The van der Waals surface area contributed by atoms with Gasteiger partial charge in [0.15, 0.2) is 0 Å². The summed E-state index contributed by atoms with van der Waals surface area (Å²) in [5, 5.41) is 3.70. The molecule has 0 aliphatic rings. The molecule has 0 radical (unpaired) electrons. The normalized spacial score (nSPS) is 14.9. The Bertz CT molecular complexity index is 256. The van der Waals surface area contributed by atoms with Crippen molar-refractivity contribution in [2.75, 3.05) is 0 Å². The number of nitrogens with one attached hydrogen (secondary N) is 2. The van der Waals surface area contributed by atoms with Gasteiger partial charge in [-0.1, -0.05) is 33.6 Å². The van der Waals surface area contributed by atoms with Crippen molar-refractivity contribution in [2.24, 2.45) is 0 Å². The van der Waals surface area contributed by atoms with E-state index in [-0.39, 0.29) is 0 Å². The van der Waals surface area contributed by atoms with Crippen molar-refractivity contribution in [3.05, 3.63) is 18.2 Å². The zero-order chi connectivity index (χ0) is 11.8. The van der Waals surface area contributed by atoms with Gasteiger partial charge in [-0.2, -0.15) is 0 Å². The van der Waals surface area contributed by atoms with Gasteiger partial charge in [0.25, 0.3) is 0 Å². The van der Waals surface area contributed by atoms with Crippen molar-refractivity contribution >= 4 is 0 Å². The first-order chi connectivity index (χ1) is 7.81. The molecule has 92 valence electrons. The number of aromatic amines is 1. The third-order valence-corrected chi connectivity index (χ3v) is 3.09. The monoisotopic (exact) mass is 223 g/mol. The summed E-state index contributed by atoms with van der Waals surface area (Å²) in [5.41, 5.74) is 0. The summed E-state index contributed by atoms with van der Waals surface area (Å²) in [6, 6.07) is 0.992. The highest BCUT2D eigenvalue weighted by Crippen LogP contribution is 2.15. The number of aromatic nitrogens is 2. The summed E-state index contributed by atoms with van der Waals surface area (Å²) in [7, 11) is 0. The Kier molecular flexibility index (Phi) is 6.16. The maximum atomic E-state index is 4.34. The molecule has 2 unspecified atom stereocenters. The lowest BCUT2D eigenvalue weighted by Gasteiger charge is -2.22. The minimum Gasteiger partial charge on any atom is -0.347 e. The lowest BCUT2D eigenvalue weighted by molar-refractivity contribution is 0.380.